The minimum Gasteiger partial charge on any atom is -0.350 e. The molecule has 0 spiro atoms. The van der Waals surface area contributed by atoms with Crippen molar-refractivity contribution in [2.24, 2.45) is 0 Å². The van der Waals surface area contributed by atoms with Crippen molar-refractivity contribution in [3.8, 4) is 0 Å². The summed E-state index contributed by atoms with van der Waals surface area (Å²) in [5.41, 5.74) is 2.14. The van der Waals surface area contributed by atoms with Crippen molar-refractivity contribution >= 4 is 5.91 Å². The van der Waals surface area contributed by atoms with Gasteiger partial charge in [-0.05, 0) is 24.7 Å². The molecule has 1 aromatic carbocycles. The van der Waals surface area contributed by atoms with Crippen LogP contribution in [-0.2, 0) is 17.9 Å². The van der Waals surface area contributed by atoms with Gasteiger partial charge in [0.1, 0.15) is 0 Å². The molecular weight excluding hydrogens is 262 g/mol. The van der Waals surface area contributed by atoms with Gasteiger partial charge in [-0.2, -0.15) is 0 Å². The normalized spacial score (nSPS) is 10.6. The lowest BCUT2D eigenvalue weighted by atomic mass is 10.2. The number of rotatable bonds is 7. The highest BCUT2D eigenvalue weighted by atomic mass is 16.1. The molecule has 1 heterocycles. The van der Waals surface area contributed by atoms with Gasteiger partial charge < -0.3 is 10.2 Å². The summed E-state index contributed by atoms with van der Waals surface area (Å²) >= 11 is 0. The van der Waals surface area contributed by atoms with Crippen molar-refractivity contribution in [3.63, 3.8) is 0 Å². The molecule has 4 nitrogen and oxygen atoms in total. The minimum atomic E-state index is 0.0561. The fraction of sp³-hybridized carbons (Fsp3) is 0.294. The first-order chi connectivity index (χ1) is 10.2. The topological polar surface area (TPSA) is 45.2 Å². The smallest absolute Gasteiger partial charge is 0.221 e. The quantitative estimate of drug-likeness (QED) is 0.847. The molecule has 0 saturated carbocycles. The Morgan fingerprint density at radius 1 is 1.14 bits per heavy atom. The molecule has 2 aromatic rings. The summed E-state index contributed by atoms with van der Waals surface area (Å²) in [6.45, 7) is 2.08. The van der Waals surface area contributed by atoms with E-state index in [4.69, 9.17) is 0 Å². The fourth-order valence-electron chi connectivity index (χ4n) is 2.05. The van der Waals surface area contributed by atoms with Crippen LogP contribution in [0.25, 0.3) is 0 Å². The third-order valence-corrected chi connectivity index (χ3v) is 3.21. The number of carbonyl (C=O) groups is 1. The standard InChI is InChI=1S/C17H21N3O/c1-20(14-15-7-3-2-4-8-15)12-10-17(21)19-13-16-9-5-6-11-18-16/h2-9,11H,10,12-14H2,1H3,(H,19,21). The molecule has 110 valence electrons. The van der Waals surface area contributed by atoms with Crippen molar-refractivity contribution in [3.05, 3.63) is 66.0 Å². The molecule has 1 N–H and O–H groups in total. The van der Waals surface area contributed by atoms with Crippen molar-refractivity contribution in [2.75, 3.05) is 13.6 Å². The highest BCUT2D eigenvalue weighted by molar-refractivity contribution is 5.75. The molecule has 0 aliphatic heterocycles. The number of benzene rings is 1. The van der Waals surface area contributed by atoms with E-state index in [2.05, 4.69) is 27.3 Å². The van der Waals surface area contributed by atoms with E-state index < -0.39 is 0 Å². The average Bonchev–Trinajstić information content (AvgIpc) is 2.53. The van der Waals surface area contributed by atoms with Gasteiger partial charge >= 0.3 is 0 Å². The molecule has 0 atom stereocenters. The second-order valence-corrected chi connectivity index (χ2v) is 5.07. The summed E-state index contributed by atoms with van der Waals surface area (Å²) < 4.78 is 0. The van der Waals surface area contributed by atoms with Crippen LogP contribution in [0.5, 0.6) is 0 Å². The monoisotopic (exact) mass is 283 g/mol. The summed E-state index contributed by atoms with van der Waals surface area (Å²) in [5.74, 6) is 0.0561. The van der Waals surface area contributed by atoms with Crippen LogP contribution in [0.15, 0.2) is 54.7 Å². The summed E-state index contributed by atoms with van der Waals surface area (Å²) in [6.07, 6.45) is 2.23. The van der Waals surface area contributed by atoms with E-state index in [0.29, 0.717) is 13.0 Å². The maximum Gasteiger partial charge on any atom is 0.221 e. The summed E-state index contributed by atoms with van der Waals surface area (Å²) in [5, 5.41) is 2.89. The number of carbonyl (C=O) groups excluding carboxylic acids is 1. The van der Waals surface area contributed by atoms with Crippen LogP contribution in [-0.4, -0.2) is 29.4 Å². The third-order valence-electron chi connectivity index (χ3n) is 3.21. The van der Waals surface area contributed by atoms with Crippen LogP contribution in [0.4, 0.5) is 0 Å². The third kappa shape index (κ3) is 5.75. The number of pyridine rings is 1. The number of hydrogen-bond acceptors (Lipinski definition) is 3. The molecule has 1 amide bonds. The first kappa shape index (κ1) is 15.2. The molecule has 0 bridgehead atoms. The predicted octanol–water partition coefficient (Wildman–Crippen LogP) is 2.22. The second kappa shape index (κ2) is 8.17. The van der Waals surface area contributed by atoms with Crippen molar-refractivity contribution in [1.82, 2.24) is 15.2 Å². The summed E-state index contributed by atoms with van der Waals surface area (Å²) in [7, 11) is 2.03. The lowest BCUT2D eigenvalue weighted by molar-refractivity contribution is -0.121. The zero-order valence-electron chi connectivity index (χ0n) is 12.3. The van der Waals surface area contributed by atoms with E-state index in [-0.39, 0.29) is 5.91 Å². The zero-order valence-corrected chi connectivity index (χ0v) is 12.3. The molecule has 0 saturated heterocycles. The summed E-state index contributed by atoms with van der Waals surface area (Å²) in [4.78, 5) is 18.1. The first-order valence-corrected chi connectivity index (χ1v) is 7.13. The van der Waals surface area contributed by atoms with E-state index >= 15 is 0 Å². The van der Waals surface area contributed by atoms with Gasteiger partial charge in [-0.1, -0.05) is 36.4 Å². The Kier molecular flexibility index (Phi) is 5.91. The lowest BCUT2D eigenvalue weighted by Gasteiger charge is -2.16. The highest BCUT2D eigenvalue weighted by Gasteiger charge is 2.05. The molecule has 1 aromatic heterocycles. The SMILES string of the molecule is CN(CCC(=O)NCc1ccccn1)Cc1ccccc1. The molecule has 0 aliphatic rings. The Bertz CT molecular complexity index is 542. The largest absolute Gasteiger partial charge is 0.350 e. The molecule has 0 radical (unpaired) electrons. The second-order valence-electron chi connectivity index (χ2n) is 5.07. The Hall–Kier alpha value is -2.20. The van der Waals surface area contributed by atoms with Crippen LogP contribution in [0.2, 0.25) is 0 Å². The Balaban J connectivity index is 1.66. The Labute approximate surface area is 125 Å². The van der Waals surface area contributed by atoms with Gasteiger partial charge in [-0.25, -0.2) is 0 Å². The number of nitrogens with one attached hydrogen (secondary N) is 1. The van der Waals surface area contributed by atoms with Gasteiger partial charge in [-0.15, -0.1) is 0 Å². The van der Waals surface area contributed by atoms with Gasteiger partial charge in [0.2, 0.25) is 5.91 Å². The number of nitrogens with zero attached hydrogens (tertiary/aromatic N) is 2. The van der Waals surface area contributed by atoms with Gasteiger partial charge in [0.05, 0.1) is 12.2 Å². The minimum absolute atomic E-state index is 0.0561. The van der Waals surface area contributed by atoms with Crippen molar-refractivity contribution in [2.45, 2.75) is 19.5 Å². The number of hydrogen-bond donors (Lipinski definition) is 1. The van der Waals surface area contributed by atoms with Crippen LogP contribution in [0, 0.1) is 0 Å². The molecular formula is C17H21N3O. The maximum atomic E-state index is 11.8. The predicted molar refractivity (Wildman–Crippen MR) is 83.5 cm³/mol. The van der Waals surface area contributed by atoms with E-state index in [0.717, 1.165) is 18.8 Å². The van der Waals surface area contributed by atoms with Gasteiger partial charge in [-0.3, -0.25) is 9.78 Å². The molecule has 2 rings (SSSR count). The van der Waals surface area contributed by atoms with E-state index in [9.17, 15) is 4.79 Å². The fourth-order valence-corrected chi connectivity index (χ4v) is 2.05. The average molecular weight is 283 g/mol. The molecule has 21 heavy (non-hydrogen) atoms. The van der Waals surface area contributed by atoms with E-state index in [1.807, 2.05) is 43.4 Å². The molecule has 0 aliphatic carbocycles. The van der Waals surface area contributed by atoms with Gasteiger partial charge in [0.25, 0.3) is 0 Å². The van der Waals surface area contributed by atoms with Crippen LogP contribution < -0.4 is 5.32 Å². The maximum absolute atomic E-state index is 11.8. The van der Waals surface area contributed by atoms with E-state index in [1.54, 1.807) is 6.20 Å². The van der Waals surface area contributed by atoms with Gasteiger partial charge in [0, 0.05) is 25.7 Å². The number of aromatic nitrogens is 1. The zero-order chi connectivity index (χ0) is 14.9. The summed E-state index contributed by atoms with van der Waals surface area (Å²) in [6, 6.07) is 15.9. The van der Waals surface area contributed by atoms with Crippen LogP contribution in [0.1, 0.15) is 17.7 Å². The first-order valence-electron chi connectivity index (χ1n) is 7.13. The van der Waals surface area contributed by atoms with E-state index in [1.165, 1.54) is 5.56 Å². The Morgan fingerprint density at radius 3 is 2.62 bits per heavy atom. The molecule has 4 heteroatoms. The van der Waals surface area contributed by atoms with Crippen molar-refractivity contribution in [1.29, 1.82) is 0 Å². The van der Waals surface area contributed by atoms with Gasteiger partial charge in [0.15, 0.2) is 0 Å². The van der Waals surface area contributed by atoms with Crippen LogP contribution in [0.3, 0.4) is 0 Å². The highest BCUT2D eigenvalue weighted by Crippen LogP contribution is 2.03. The van der Waals surface area contributed by atoms with Crippen molar-refractivity contribution < 1.29 is 4.79 Å². The number of amides is 1. The van der Waals surface area contributed by atoms with Crippen LogP contribution >= 0.6 is 0 Å². The Morgan fingerprint density at radius 2 is 1.90 bits per heavy atom. The molecule has 0 fully saturated rings. The lowest BCUT2D eigenvalue weighted by Crippen LogP contribution is -2.28. The molecule has 0 unspecified atom stereocenters.